The Hall–Kier alpha value is -1.42. The van der Waals surface area contributed by atoms with Crippen LogP contribution in [0.5, 0.6) is 0 Å². The lowest BCUT2D eigenvalue weighted by Crippen LogP contribution is -2.40. The molecule has 1 fully saturated rings. The first kappa shape index (κ1) is 17.4. The molecule has 1 saturated heterocycles. The van der Waals surface area contributed by atoms with Crippen molar-refractivity contribution in [2.45, 2.75) is 51.5 Å². The molecular formula is C18H25N3O2S. The summed E-state index contributed by atoms with van der Waals surface area (Å²) in [6.45, 7) is 3.68. The maximum atomic E-state index is 12.6. The minimum Gasteiger partial charge on any atom is -0.396 e. The molecule has 1 aromatic heterocycles. The average molecular weight is 347 g/mol. The minimum absolute atomic E-state index is 0.0542. The smallest absolute Gasteiger partial charge is 0.242 e. The number of hydrogen-bond acceptors (Lipinski definition) is 5. The third-order valence-corrected chi connectivity index (χ3v) is 6.48. The van der Waals surface area contributed by atoms with E-state index in [4.69, 9.17) is 0 Å². The third kappa shape index (κ3) is 3.49. The fraction of sp³-hybridized carbons (Fsp3) is 0.667. The molecule has 1 amide bonds. The first-order valence-electron chi connectivity index (χ1n) is 8.84. The van der Waals surface area contributed by atoms with E-state index in [0.717, 1.165) is 49.3 Å². The molecule has 0 aromatic carbocycles. The van der Waals surface area contributed by atoms with Crippen LogP contribution in [0, 0.1) is 17.2 Å². The molecule has 130 valence electrons. The summed E-state index contributed by atoms with van der Waals surface area (Å²) < 4.78 is 0. The predicted octanol–water partition coefficient (Wildman–Crippen LogP) is 2.53. The third-order valence-electron chi connectivity index (χ3n) is 5.27. The summed E-state index contributed by atoms with van der Waals surface area (Å²) in [6, 6.07) is 2.07. The zero-order valence-corrected chi connectivity index (χ0v) is 15.0. The van der Waals surface area contributed by atoms with Crippen molar-refractivity contribution in [3.8, 4) is 6.07 Å². The van der Waals surface area contributed by atoms with Gasteiger partial charge >= 0.3 is 0 Å². The van der Waals surface area contributed by atoms with E-state index in [1.807, 2.05) is 6.92 Å². The molecule has 1 aliphatic carbocycles. The number of carbonyl (C=O) groups excluding carboxylic acids is 1. The number of carbonyl (C=O) groups is 1. The first-order valence-corrected chi connectivity index (χ1v) is 9.66. The lowest BCUT2D eigenvalue weighted by molar-refractivity contribution is -0.120. The number of hydrogen-bond donors (Lipinski definition) is 2. The summed E-state index contributed by atoms with van der Waals surface area (Å²) >= 11 is 1.58. The van der Waals surface area contributed by atoms with Gasteiger partial charge in [0.15, 0.2) is 0 Å². The van der Waals surface area contributed by atoms with Crippen molar-refractivity contribution in [1.29, 1.82) is 5.26 Å². The highest BCUT2D eigenvalue weighted by Crippen LogP contribution is 2.37. The van der Waals surface area contributed by atoms with Gasteiger partial charge in [0.2, 0.25) is 5.91 Å². The number of nitrogens with zero attached hydrogens (tertiary/aromatic N) is 2. The van der Waals surface area contributed by atoms with Gasteiger partial charge in [-0.3, -0.25) is 9.69 Å². The Kier molecular flexibility index (Phi) is 5.54. The molecule has 0 saturated carbocycles. The Morgan fingerprint density at radius 1 is 1.46 bits per heavy atom. The number of fused-ring (bicyclic) bond motifs is 1. The standard InChI is InChI=1S/C18H25N3O2S/c1-12(21-8-7-13(10-21)11-22)17(23)20-18-15(9-19)14-5-3-2-4-6-16(14)24-18/h12-13,22H,2-8,10-11H2,1H3,(H,20,23). The topological polar surface area (TPSA) is 76.4 Å². The van der Waals surface area contributed by atoms with Gasteiger partial charge in [-0.05, 0) is 57.1 Å². The minimum atomic E-state index is -0.241. The summed E-state index contributed by atoms with van der Waals surface area (Å²) in [5.74, 6) is 0.217. The van der Waals surface area contributed by atoms with Gasteiger partial charge in [0, 0.05) is 18.0 Å². The van der Waals surface area contributed by atoms with Crippen LogP contribution in [0.25, 0.3) is 0 Å². The van der Waals surface area contributed by atoms with Crippen LogP contribution >= 0.6 is 11.3 Å². The van der Waals surface area contributed by atoms with Crippen molar-refractivity contribution in [2.75, 3.05) is 25.0 Å². The molecular weight excluding hydrogens is 322 g/mol. The van der Waals surface area contributed by atoms with Gasteiger partial charge in [-0.1, -0.05) is 6.42 Å². The molecule has 2 heterocycles. The van der Waals surface area contributed by atoms with Crippen molar-refractivity contribution >= 4 is 22.2 Å². The van der Waals surface area contributed by atoms with E-state index < -0.39 is 0 Å². The predicted molar refractivity (Wildman–Crippen MR) is 95.2 cm³/mol. The van der Waals surface area contributed by atoms with E-state index in [9.17, 15) is 15.2 Å². The van der Waals surface area contributed by atoms with Gasteiger partial charge < -0.3 is 10.4 Å². The number of thiophene rings is 1. The van der Waals surface area contributed by atoms with E-state index in [1.165, 1.54) is 17.7 Å². The van der Waals surface area contributed by atoms with Crippen molar-refractivity contribution in [3.63, 3.8) is 0 Å². The van der Waals surface area contributed by atoms with Crippen molar-refractivity contribution in [1.82, 2.24) is 4.90 Å². The summed E-state index contributed by atoms with van der Waals surface area (Å²) in [6.07, 6.45) is 6.41. The number of rotatable bonds is 4. The first-order chi connectivity index (χ1) is 11.6. The van der Waals surface area contributed by atoms with Crippen LogP contribution in [-0.2, 0) is 17.6 Å². The van der Waals surface area contributed by atoms with E-state index in [2.05, 4.69) is 16.3 Å². The lowest BCUT2D eigenvalue weighted by atomic mass is 10.1. The summed E-state index contributed by atoms with van der Waals surface area (Å²) in [4.78, 5) is 16.0. The molecule has 3 rings (SSSR count). The fourth-order valence-electron chi connectivity index (χ4n) is 3.69. The molecule has 2 N–H and O–H groups in total. The molecule has 2 aliphatic rings. The molecule has 6 heteroatoms. The van der Waals surface area contributed by atoms with Crippen LogP contribution in [0.1, 0.15) is 48.6 Å². The molecule has 2 unspecified atom stereocenters. The van der Waals surface area contributed by atoms with E-state index in [0.29, 0.717) is 5.56 Å². The summed E-state index contributed by atoms with van der Waals surface area (Å²) in [5.41, 5.74) is 1.83. The van der Waals surface area contributed by atoms with E-state index in [-0.39, 0.29) is 24.5 Å². The maximum Gasteiger partial charge on any atom is 0.242 e. The highest BCUT2D eigenvalue weighted by molar-refractivity contribution is 7.16. The molecule has 0 spiro atoms. The monoisotopic (exact) mass is 347 g/mol. The van der Waals surface area contributed by atoms with E-state index in [1.54, 1.807) is 11.3 Å². The number of nitrogens with one attached hydrogen (secondary N) is 1. The van der Waals surface area contributed by atoms with Crippen molar-refractivity contribution in [2.24, 2.45) is 5.92 Å². The molecule has 1 aliphatic heterocycles. The number of aliphatic hydroxyl groups is 1. The molecule has 2 atom stereocenters. The lowest BCUT2D eigenvalue weighted by Gasteiger charge is -2.23. The zero-order valence-electron chi connectivity index (χ0n) is 14.2. The highest BCUT2D eigenvalue weighted by Gasteiger charge is 2.30. The van der Waals surface area contributed by atoms with Crippen LogP contribution < -0.4 is 5.32 Å². The Morgan fingerprint density at radius 3 is 2.96 bits per heavy atom. The fourth-order valence-corrected chi connectivity index (χ4v) is 4.94. The summed E-state index contributed by atoms with van der Waals surface area (Å²) in [7, 11) is 0. The molecule has 1 aromatic rings. The zero-order chi connectivity index (χ0) is 17.1. The molecule has 24 heavy (non-hydrogen) atoms. The van der Waals surface area contributed by atoms with Crippen LogP contribution in [0.2, 0.25) is 0 Å². The van der Waals surface area contributed by atoms with Crippen molar-refractivity contribution in [3.05, 3.63) is 16.0 Å². The van der Waals surface area contributed by atoms with E-state index >= 15 is 0 Å². The van der Waals surface area contributed by atoms with Gasteiger partial charge in [0.25, 0.3) is 0 Å². The van der Waals surface area contributed by atoms with Gasteiger partial charge in [0.05, 0.1) is 11.6 Å². The number of nitriles is 1. The number of aliphatic hydroxyl groups excluding tert-OH is 1. The van der Waals surface area contributed by atoms with Crippen LogP contribution in [0.3, 0.4) is 0 Å². The second kappa shape index (κ2) is 7.64. The molecule has 0 radical (unpaired) electrons. The van der Waals surface area contributed by atoms with Gasteiger partial charge in [-0.25, -0.2) is 0 Å². The SMILES string of the molecule is CC(C(=O)Nc1sc2c(c1C#N)CCCCC2)N1CCC(CO)C1. The van der Waals surface area contributed by atoms with Gasteiger partial charge in [-0.15, -0.1) is 11.3 Å². The van der Waals surface area contributed by atoms with Crippen LogP contribution in [0.4, 0.5) is 5.00 Å². The Morgan fingerprint density at radius 2 is 2.25 bits per heavy atom. The summed E-state index contributed by atoms with van der Waals surface area (Å²) in [5, 5.41) is 22.5. The second-order valence-corrected chi connectivity index (χ2v) is 7.98. The van der Waals surface area contributed by atoms with Crippen molar-refractivity contribution < 1.29 is 9.90 Å². The largest absolute Gasteiger partial charge is 0.396 e. The maximum absolute atomic E-state index is 12.6. The Balaban J connectivity index is 1.71. The number of amides is 1. The quantitative estimate of drug-likeness (QED) is 0.821. The highest BCUT2D eigenvalue weighted by atomic mass is 32.1. The second-order valence-electron chi connectivity index (χ2n) is 6.88. The van der Waals surface area contributed by atoms with Crippen LogP contribution in [-0.4, -0.2) is 41.7 Å². The number of likely N-dealkylation sites (tertiary alicyclic amines) is 1. The van der Waals surface area contributed by atoms with Gasteiger partial charge in [-0.2, -0.15) is 5.26 Å². The molecule has 0 bridgehead atoms. The van der Waals surface area contributed by atoms with Crippen LogP contribution in [0.15, 0.2) is 0 Å². The Labute approximate surface area is 147 Å². The number of anilines is 1. The average Bonchev–Trinajstić information content (AvgIpc) is 3.12. The molecule has 5 nitrogen and oxygen atoms in total. The normalized spacial score (nSPS) is 22.5. The van der Waals surface area contributed by atoms with Gasteiger partial charge in [0.1, 0.15) is 11.1 Å². The number of aryl methyl sites for hydroxylation is 1. The Bertz CT molecular complexity index is 649.